The molecule has 1 fully saturated rings. The van der Waals surface area contributed by atoms with Crippen molar-refractivity contribution in [2.24, 2.45) is 16.6 Å². The Morgan fingerprint density at radius 2 is 2.08 bits per heavy atom. The van der Waals surface area contributed by atoms with Crippen LogP contribution in [0.5, 0.6) is 0 Å². The van der Waals surface area contributed by atoms with E-state index in [-0.39, 0.29) is 11.9 Å². The Bertz CT molecular complexity index is 637. The van der Waals surface area contributed by atoms with Crippen molar-refractivity contribution in [2.45, 2.75) is 26.3 Å². The highest BCUT2D eigenvalue weighted by atomic mass is 16.5. The van der Waals surface area contributed by atoms with E-state index in [1.165, 1.54) is 0 Å². The third-order valence-electron chi connectivity index (χ3n) is 4.29. The van der Waals surface area contributed by atoms with Crippen molar-refractivity contribution in [2.75, 3.05) is 26.7 Å². The number of hydrogen-bond donors (Lipinski definition) is 2. The number of hydrogen-bond acceptors (Lipinski definition) is 4. The molecule has 2 rings (SSSR count). The van der Waals surface area contributed by atoms with Crippen LogP contribution < -0.4 is 11.1 Å². The number of esters is 1. The Labute approximate surface area is 148 Å². The van der Waals surface area contributed by atoms with Crippen LogP contribution in [0.1, 0.15) is 35.7 Å². The normalized spacial score (nSPS) is 15.8. The lowest BCUT2D eigenvalue weighted by Crippen LogP contribution is -2.46. The first-order valence-corrected chi connectivity index (χ1v) is 8.56. The van der Waals surface area contributed by atoms with Crippen molar-refractivity contribution in [1.29, 1.82) is 0 Å². The number of nitrogens with one attached hydrogen (secondary N) is 1. The van der Waals surface area contributed by atoms with Crippen LogP contribution in [0.4, 0.5) is 0 Å². The number of carbonyl (C=O) groups excluding carboxylic acids is 2. The maximum atomic E-state index is 11.8. The first-order chi connectivity index (χ1) is 12.0. The van der Waals surface area contributed by atoms with Gasteiger partial charge in [-0.2, -0.15) is 0 Å². The zero-order chi connectivity index (χ0) is 18.2. The van der Waals surface area contributed by atoms with Gasteiger partial charge in [-0.05, 0) is 37.5 Å². The van der Waals surface area contributed by atoms with Crippen molar-refractivity contribution >= 4 is 17.8 Å². The molecule has 0 spiro atoms. The summed E-state index contributed by atoms with van der Waals surface area (Å²) in [5, 5.41) is 3.30. The molecule has 7 heteroatoms. The van der Waals surface area contributed by atoms with Gasteiger partial charge in [0.15, 0.2) is 5.96 Å². The van der Waals surface area contributed by atoms with Gasteiger partial charge in [-0.15, -0.1) is 0 Å². The first kappa shape index (κ1) is 18.8. The summed E-state index contributed by atoms with van der Waals surface area (Å²) in [7, 11) is 1.74. The Balaban J connectivity index is 1.88. The molecular weight excluding hydrogens is 320 g/mol. The van der Waals surface area contributed by atoms with E-state index >= 15 is 0 Å². The number of nitrogens with zero attached hydrogens (tertiary/aromatic N) is 2. The molecule has 0 atom stereocenters. The predicted octanol–water partition coefficient (Wildman–Crippen LogP) is 1.14. The molecule has 1 saturated heterocycles. The molecule has 0 aromatic heterocycles. The van der Waals surface area contributed by atoms with Crippen LogP contribution in [-0.4, -0.2) is 49.5 Å². The van der Waals surface area contributed by atoms with E-state index in [4.69, 9.17) is 10.5 Å². The summed E-state index contributed by atoms with van der Waals surface area (Å²) >= 11 is 0. The molecule has 0 saturated carbocycles. The van der Waals surface area contributed by atoms with Crippen LogP contribution in [0.3, 0.4) is 0 Å². The van der Waals surface area contributed by atoms with Gasteiger partial charge in [0.25, 0.3) is 0 Å². The number of aliphatic imine (C=N–C) groups is 1. The van der Waals surface area contributed by atoms with Crippen molar-refractivity contribution in [3.63, 3.8) is 0 Å². The highest BCUT2D eigenvalue weighted by Crippen LogP contribution is 2.18. The smallest absolute Gasteiger partial charge is 0.309 e. The van der Waals surface area contributed by atoms with E-state index in [1.54, 1.807) is 19.2 Å². The number of guanidine groups is 1. The number of likely N-dealkylation sites (tertiary alicyclic amines) is 1. The number of rotatable bonds is 5. The van der Waals surface area contributed by atoms with E-state index in [2.05, 4.69) is 15.2 Å². The van der Waals surface area contributed by atoms with Crippen LogP contribution >= 0.6 is 0 Å². The van der Waals surface area contributed by atoms with E-state index in [0.29, 0.717) is 18.7 Å². The topological polar surface area (TPSA) is 97.0 Å². The molecule has 136 valence electrons. The fraction of sp³-hybridized carbons (Fsp3) is 0.500. The second-order valence-electron chi connectivity index (χ2n) is 5.98. The minimum atomic E-state index is -0.438. The Kier molecular flexibility index (Phi) is 6.80. The largest absolute Gasteiger partial charge is 0.466 e. The standard InChI is InChI=1S/C18H26N4O3/c1-3-25-17(24)14-7-9-22(10-8-14)18(20-2)21-12-13-5-4-6-15(11-13)16(19)23/h4-6,11,14H,3,7-10,12H2,1-2H3,(H2,19,23)(H,20,21). The van der Waals surface area contributed by atoms with Gasteiger partial charge in [0, 0.05) is 32.2 Å². The predicted molar refractivity (Wildman–Crippen MR) is 96.1 cm³/mol. The highest BCUT2D eigenvalue weighted by molar-refractivity contribution is 5.92. The van der Waals surface area contributed by atoms with Gasteiger partial charge in [-0.3, -0.25) is 14.6 Å². The quantitative estimate of drug-likeness (QED) is 0.473. The number of piperidine rings is 1. The molecule has 0 aliphatic carbocycles. The molecule has 0 bridgehead atoms. The molecule has 1 aromatic carbocycles. The number of nitrogens with two attached hydrogens (primary N) is 1. The van der Waals surface area contributed by atoms with Crippen LogP contribution in [0.25, 0.3) is 0 Å². The van der Waals surface area contributed by atoms with Crippen LogP contribution in [0.15, 0.2) is 29.3 Å². The number of ether oxygens (including phenoxy) is 1. The summed E-state index contributed by atoms with van der Waals surface area (Å²) in [5.41, 5.74) is 6.76. The average Bonchev–Trinajstić information content (AvgIpc) is 2.63. The van der Waals surface area contributed by atoms with Crippen molar-refractivity contribution in [3.05, 3.63) is 35.4 Å². The second-order valence-corrected chi connectivity index (χ2v) is 5.98. The summed E-state index contributed by atoms with van der Waals surface area (Å²) < 4.78 is 5.10. The lowest BCUT2D eigenvalue weighted by Gasteiger charge is -2.33. The summed E-state index contributed by atoms with van der Waals surface area (Å²) in [5.74, 6) is 0.217. The molecule has 1 aliphatic rings. The Hall–Kier alpha value is -2.57. The number of benzene rings is 1. The minimum absolute atomic E-state index is 0.0263. The fourth-order valence-electron chi connectivity index (χ4n) is 2.94. The first-order valence-electron chi connectivity index (χ1n) is 8.56. The van der Waals surface area contributed by atoms with Crippen LogP contribution in [-0.2, 0) is 16.1 Å². The van der Waals surface area contributed by atoms with Crippen molar-refractivity contribution < 1.29 is 14.3 Å². The number of carbonyl (C=O) groups is 2. The van der Waals surface area contributed by atoms with Crippen LogP contribution in [0.2, 0.25) is 0 Å². The summed E-state index contributed by atoms with van der Waals surface area (Å²) in [6.45, 7) is 4.30. The van der Waals surface area contributed by atoms with E-state index in [1.807, 2.05) is 19.1 Å². The Morgan fingerprint density at radius 3 is 2.68 bits per heavy atom. The van der Waals surface area contributed by atoms with Crippen LogP contribution in [0, 0.1) is 5.92 Å². The lowest BCUT2D eigenvalue weighted by atomic mass is 9.97. The number of primary amides is 1. The lowest BCUT2D eigenvalue weighted by molar-refractivity contribution is -0.149. The molecule has 1 aliphatic heterocycles. The minimum Gasteiger partial charge on any atom is -0.466 e. The average molecular weight is 346 g/mol. The van der Waals surface area contributed by atoms with Gasteiger partial charge in [-0.1, -0.05) is 12.1 Å². The zero-order valence-corrected chi connectivity index (χ0v) is 14.8. The molecular formula is C18H26N4O3. The maximum Gasteiger partial charge on any atom is 0.309 e. The van der Waals surface area contributed by atoms with E-state index in [9.17, 15) is 9.59 Å². The third kappa shape index (κ3) is 5.20. The third-order valence-corrected chi connectivity index (χ3v) is 4.29. The van der Waals surface area contributed by atoms with Gasteiger partial charge < -0.3 is 20.7 Å². The van der Waals surface area contributed by atoms with Gasteiger partial charge in [0.2, 0.25) is 5.91 Å². The van der Waals surface area contributed by atoms with E-state index < -0.39 is 5.91 Å². The molecule has 1 amide bonds. The van der Waals surface area contributed by atoms with E-state index in [0.717, 1.165) is 37.5 Å². The molecule has 1 aromatic rings. The monoisotopic (exact) mass is 346 g/mol. The fourth-order valence-corrected chi connectivity index (χ4v) is 2.94. The SMILES string of the molecule is CCOC(=O)C1CCN(C(=NC)NCc2cccc(C(N)=O)c2)CC1. The molecule has 3 N–H and O–H groups in total. The maximum absolute atomic E-state index is 11.8. The second kappa shape index (κ2) is 9.05. The molecule has 0 radical (unpaired) electrons. The molecule has 7 nitrogen and oxygen atoms in total. The highest BCUT2D eigenvalue weighted by Gasteiger charge is 2.27. The molecule has 1 heterocycles. The van der Waals surface area contributed by atoms with Gasteiger partial charge >= 0.3 is 5.97 Å². The van der Waals surface area contributed by atoms with Gasteiger partial charge in [0.1, 0.15) is 0 Å². The summed E-state index contributed by atoms with van der Waals surface area (Å²) in [6, 6.07) is 7.21. The Morgan fingerprint density at radius 1 is 1.36 bits per heavy atom. The van der Waals surface area contributed by atoms with Crippen molar-refractivity contribution in [1.82, 2.24) is 10.2 Å². The molecule has 0 unspecified atom stereocenters. The summed E-state index contributed by atoms with van der Waals surface area (Å²) in [4.78, 5) is 29.5. The zero-order valence-electron chi connectivity index (χ0n) is 14.8. The van der Waals surface area contributed by atoms with Gasteiger partial charge in [-0.25, -0.2) is 0 Å². The van der Waals surface area contributed by atoms with Gasteiger partial charge in [0.05, 0.1) is 12.5 Å². The summed E-state index contributed by atoms with van der Waals surface area (Å²) in [6.07, 6.45) is 1.52. The number of amides is 1. The molecule has 25 heavy (non-hydrogen) atoms. The van der Waals surface area contributed by atoms with Crippen molar-refractivity contribution in [3.8, 4) is 0 Å².